The molecule has 4 rings (SSSR count). The molecule has 1 aromatic heterocycles. The Hall–Kier alpha value is -2.58. The highest BCUT2D eigenvalue weighted by Crippen LogP contribution is 2.39. The predicted molar refractivity (Wildman–Crippen MR) is 130 cm³/mol. The third-order valence-electron chi connectivity index (χ3n) is 7.05. The van der Waals surface area contributed by atoms with Crippen molar-refractivity contribution in [1.82, 2.24) is 9.55 Å². The van der Waals surface area contributed by atoms with Crippen LogP contribution in [0.5, 0.6) is 5.75 Å². The van der Waals surface area contributed by atoms with Crippen molar-refractivity contribution in [3.05, 3.63) is 48.0 Å². The minimum absolute atomic E-state index is 0.166. The van der Waals surface area contributed by atoms with Crippen LogP contribution in [0.4, 0.5) is 0 Å². The van der Waals surface area contributed by atoms with Crippen LogP contribution in [0.2, 0.25) is 18.1 Å². The van der Waals surface area contributed by atoms with Gasteiger partial charge >= 0.3 is 0 Å². The molecule has 0 amide bonds. The van der Waals surface area contributed by atoms with Crippen molar-refractivity contribution in [1.29, 1.82) is 5.26 Å². The monoisotopic (exact) mass is 431 g/mol. The lowest BCUT2D eigenvalue weighted by atomic mass is 9.95. The van der Waals surface area contributed by atoms with E-state index >= 15 is 0 Å². The largest absolute Gasteiger partial charge is 0.544 e. The molecule has 5 heteroatoms. The molecule has 1 aliphatic rings. The number of hydrogen-bond acceptors (Lipinski definition) is 3. The van der Waals surface area contributed by atoms with Gasteiger partial charge in [-0.05, 0) is 73.4 Å². The summed E-state index contributed by atoms with van der Waals surface area (Å²) in [6.07, 6.45) is 6.21. The smallest absolute Gasteiger partial charge is 0.250 e. The molecular weight excluding hydrogens is 398 g/mol. The van der Waals surface area contributed by atoms with Gasteiger partial charge in [-0.3, -0.25) is 0 Å². The number of benzene rings is 2. The standard InChI is InChI=1S/C26H33N3OSi/c1-26(2,3)31(4,5)30-22-14-12-20(13-15-22)25-28-23-17-19(18-27)11-16-24(23)29(25)21-9-7-6-8-10-21/h11-17,21H,6-10H2,1-5H3. The van der Waals surface area contributed by atoms with Crippen LogP contribution in [0.25, 0.3) is 22.4 Å². The molecule has 0 aliphatic heterocycles. The summed E-state index contributed by atoms with van der Waals surface area (Å²) >= 11 is 0. The highest BCUT2D eigenvalue weighted by Gasteiger charge is 2.39. The van der Waals surface area contributed by atoms with E-state index in [1.54, 1.807) is 0 Å². The van der Waals surface area contributed by atoms with Gasteiger partial charge in [0, 0.05) is 11.6 Å². The maximum absolute atomic E-state index is 9.32. The van der Waals surface area contributed by atoms with E-state index in [-0.39, 0.29) is 5.04 Å². The van der Waals surface area contributed by atoms with Crippen LogP contribution >= 0.6 is 0 Å². The Morgan fingerprint density at radius 2 is 1.71 bits per heavy atom. The van der Waals surface area contributed by atoms with Crippen LogP contribution in [-0.2, 0) is 0 Å². The average molecular weight is 432 g/mol. The fourth-order valence-corrected chi connectivity index (χ4v) is 5.23. The van der Waals surface area contributed by atoms with Gasteiger partial charge in [-0.1, -0.05) is 40.0 Å². The van der Waals surface area contributed by atoms with E-state index in [0.29, 0.717) is 11.6 Å². The summed E-state index contributed by atoms with van der Waals surface area (Å²) in [6.45, 7) is 11.3. The maximum Gasteiger partial charge on any atom is 0.250 e. The van der Waals surface area contributed by atoms with Gasteiger partial charge in [0.05, 0.1) is 22.7 Å². The van der Waals surface area contributed by atoms with Gasteiger partial charge < -0.3 is 8.99 Å². The molecule has 0 atom stereocenters. The zero-order valence-corrected chi connectivity index (χ0v) is 20.4. The molecule has 1 aliphatic carbocycles. The summed E-state index contributed by atoms with van der Waals surface area (Å²) in [5, 5.41) is 9.49. The lowest BCUT2D eigenvalue weighted by Crippen LogP contribution is -2.43. The lowest BCUT2D eigenvalue weighted by molar-refractivity contribution is 0.362. The van der Waals surface area contributed by atoms with Gasteiger partial charge in [-0.25, -0.2) is 4.98 Å². The minimum Gasteiger partial charge on any atom is -0.544 e. The van der Waals surface area contributed by atoms with E-state index in [1.807, 2.05) is 12.1 Å². The number of nitriles is 1. The molecule has 0 unspecified atom stereocenters. The first kappa shape index (κ1) is 21.6. The Morgan fingerprint density at radius 1 is 1.03 bits per heavy atom. The molecule has 0 spiro atoms. The molecule has 4 nitrogen and oxygen atoms in total. The van der Waals surface area contributed by atoms with Crippen molar-refractivity contribution in [2.45, 2.75) is 77.0 Å². The van der Waals surface area contributed by atoms with E-state index < -0.39 is 8.32 Å². The van der Waals surface area contributed by atoms with Gasteiger partial charge in [0.2, 0.25) is 8.32 Å². The van der Waals surface area contributed by atoms with E-state index in [2.05, 4.69) is 74.8 Å². The highest BCUT2D eigenvalue weighted by atomic mass is 28.4. The molecule has 2 aromatic carbocycles. The third-order valence-corrected chi connectivity index (χ3v) is 11.4. The summed E-state index contributed by atoms with van der Waals surface area (Å²) in [7, 11) is -1.87. The van der Waals surface area contributed by atoms with Gasteiger partial charge in [0.15, 0.2) is 0 Å². The Bertz CT molecular complexity index is 1110. The molecule has 0 bridgehead atoms. The molecule has 0 saturated heterocycles. The predicted octanol–water partition coefficient (Wildman–Crippen LogP) is 7.46. The summed E-state index contributed by atoms with van der Waals surface area (Å²) in [5.41, 5.74) is 3.79. The van der Waals surface area contributed by atoms with Crippen molar-refractivity contribution in [3.8, 4) is 23.2 Å². The maximum atomic E-state index is 9.32. The summed E-state index contributed by atoms with van der Waals surface area (Å²) in [5.74, 6) is 1.93. The summed E-state index contributed by atoms with van der Waals surface area (Å²) in [4.78, 5) is 4.99. The first-order chi connectivity index (χ1) is 14.7. The van der Waals surface area contributed by atoms with Gasteiger partial charge in [0.25, 0.3) is 0 Å². The van der Waals surface area contributed by atoms with Crippen molar-refractivity contribution in [3.63, 3.8) is 0 Å². The first-order valence-corrected chi connectivity index (χ1v) is 14.3. The fourth-order valence-electron chi connectivity index (χ4n) is 4.20. The zero-order valence-electron chi connectivity index (χ0n) is 19.4. The van der Waals surface area contributed by atoms with Crippen molar-refractivity contribution in [2.24, 2.45) is 0 Å². The summed E-state index contributed by atoms with van der Waals surface area (Å²) in [6, 6.07) is 17.0. The molecule has 3 aromatic rings. The normalized spacial score (nSPS) is 15.7. The average Bonchev–Trinajstić information content (AvgIpc) is 3.12. The molecule has 31 heavy (non-hydrogen) atoms. The topological polar surface area (TPSA) is 50.8 Å². The van der Waals surface area contributed by atoms with Gasteiger partial charge in [-0.2, -0.15) is 5.26 Å². The first-order valence-electron chi connectivity index (χ1n) is 11.4. The second-order valence-electron chi connectivity index (χ2n) is 10.3. The molecule has 0 N–H and O–H groups in total. The fraction of sp³-hybridized carbons (Fsp3) is 0.462. The Morgan fingerprint density at radius 3 is 2.32 bits per heavy atom. The highest BCUT2D eigenvalue weighted by molar-refractivity contribution is 6.74. The van der Waals surface area contributed by atoms with E-state index in [4.69, 9.17) is 9.41 Å². The number of hydrogen-bond donors (Lipinski definition) is 0. The quantitative estimate of drug-likeness (QED) is 0.403. The third kappa shape index (κ3) is 4.27. The van der Waals surface area contributed by atoms with Crippen LogP contribution < -0.4 is 4.43 Å². The molecule has 1 heterocycles. The Balaban J connectivity index is 1.74. The van der Waals surface area contributed by atoms with Crippen LogP contribution in [0.15, 0.2) is 42.5 Å². The van der Waals surface area contributed by atoms with Crippen LogP contribution in [0.1, 0.15) is 64.5 Å². The molecular formula is C26H33N3OSi. The molecule has 162 valence electrons. The van der Waals surface area contributed by atoms with Crippen molar-refractivity contribution < 1.29 is 4.43 Å². The molecule has 1 fully saturated rings. The van der Waals surface area contributed by atoms with E-state index in [9.17, 15) is 5.26 Å². The zero-order chi connectivity index (χ0) is 22.2. The minimum atomic E-state index is -1.87. The van der Waals surface area contributed by atoms with Crippen LogP contribution in [0.3, 0.4) is 0 Å². The second-order valence-corrected chi connectivity index (χ2v) is 15.0. The van der Waals surface area contributed by atoms with Crippen LogP contribution in [0, 0.1) is 11.3 Å². The number of nitrogens with zero attached hydrogens (tertiary/aromatic N) is 3. The number of rotatable bonds is 4. The number of imidazole rings is 1. The Labute approximate surface area is 187 Å². The second kappa shape index (κ2) is 8.16. The van der Waals surface area contributed by atoms with E-state index in [0.717, 1.165) is 28.2 Å². The van der Waals surface area contributed by atoms with Crippen molar-refractivity contribution in [2.75, 3.05) is 0 Å². The SMILES string of the molecule is CC(C)(C)[Si](C)(C)Oc1ccc(-c2nc3cc(C#N)ccc3n2C2CCCCC2)cc1. The summed E-state index contributed by atoms with van der Waals surface area (Å²) < 4.78 is 8.88. The van der Waals surface area contributed by atoms with Crippen molar-refractivity contribution >= 4 is 19.4 Å². The van der Waals surface area contributed by atoms with Gasteiger partial charge in [-0.15, -0.1) is 0 Å². The lowest BCUT2D eigenvalue weighted by Gasteiger charge is -2.36. The molecule has 0 radical (unpaired) electrons. The molecule has 1 saturated carbocycles. The Kier molecular flexibility index (Phi) is 5.70. The number of fused-ring (bicyclic) bond motifs is 1. The number of aromatic nitrogens is 2. The van der Waals surface area contributed by atoms with E-state index in [1.165, 1.54) is 32.1 Å². The van der Waals surface area contributed by atoms with Crippen LogP contribution in [-0.4, -0.2) is 17.9 Å². The van der Waals surface area contributed by atoms with Gasteiger partial charge in [0.1, 0.15) is 11.6 Å².